The Labute approximate surface area is 119 Å². The van der Waals surface area contributed by atoms with Gasteiger partial charge in [-0.1, -0.05) is 11.1 Å². The number of anilines is 1. The van der Waals surface area contributed by atoms with Gasteiger partial charge in [0.25, 0.3) is 0 Å². The molecule has 4 heteroatoms. The van der Waals surface area contributed by atoms with Gasteiger partial charge in [0.15, 0.2) is 0 Å². The summed E-state index contributed by atoms with van der Waals surface area (Å²) in [5.74, 6) is 1.52. The van der Waals surface area contributed by atoms with E-state index in [4.69, 9.17) is 4.74 Å². The number of fused-ring (bicyclic) bond motifs is 2. The maximum absolute atomic E-state index is 5.24. The molecule has 106 valence electrons. The fourth-order valence-corrected chi connectivity index (χ4v) is 3.91. The molecule has 3 fully saturated rings. The molecule has 2 atom stereocenters. The number of hydrogen-bond acceptors (Lipinski definition) is 4. The van der Waals surface area contributed by atoms with Crippen LogP contribution in [0.15, 0.2) is 23.4 Å². The molecule has 0 amide bonds. The Kier molecular flexibility index (Phi) is 2.90. The largest absolute Gasteiger partial charge is 0.481 e. The number of nitrogens with zero attached hydrogens (tertiary/aromatic N) is 3. The lowest BCUT2D eigenvalue weighted by Gasteiger charge is -2.38. The molecule has 2 aliphatic heterocycles. The van der Waals surface area contributed by atoms with E-state index in [-0.39, 0.29) is 0 Å². The molecule has 2 bridgehead atoms. The van der Waals surface area contributed by atoms with Crippen molar-refractivity contribution in [1.29, 1.82) is 0 Å². The van der Waals surface area contributed by atoms with Crippen molar-refractivity contribution in [3.8, 4) is 5.88 Å². The Morgan fingerprint density at radius 1 is 1.15 bits per heavy atom. The van der Waals surface area contributed by atoms with Crippen molar-refractivity contribution in [2.75, 3.05) is 12.0 Å². The molecule has 0 spiro atoms. The Balaban J connectivity index is 1.61. The normalized spacial score (nSPS) is 28.6. The summed E-state index contributed by atoms with van der Waals surface area (Å²) in [6.07, 6.45) is 10.9. The lowest BCUT2D eigenvalue weighted by atomic mass is 9.82. The average Bonchev–Trinajstić information content (AvgIpc) is 2.68. The summed E-state index contributed by atoms with van der Waals surface area (Å²) < 4.78 is 5.24. The van der Waals surface area contributed by atoms with Gasteiger partial charge in [0.05, 0.1) is 7.11 Å². The first-order chi connectivity index (χ1) is 9.85. The van der Waals surface area contributed by atoms with E-state index in [0.29, 0.717) is 18.0 Å². The molecule has 0 aromatic carbocycles. The summed E-state index contributed by atoms with van der Waals surface area (Å²) in [5.41, 5.74) is 3.51. The van der Waals surface area contributed by atoms with Crippen LogP contribution in [0.1, 0.15) is 44.9 Å². The summed E-state index contributed by atoms with van der Waals surface area (Å²) in [5, 5.41) is 0. The van der Waals surface area contributed by atoms with Gasteiger partial charge in [-0.05, 0) is 44.9 Å². The highest BCUT2D eigenvalue weighted by atomic mass is 16.5. The minimum absolute atomic E-state index is 0.601. The predicted octanol–water partition coefficient (Wildman–Crippen LogP) is 3.10. The second-order valence-corrected chi connectivity index (χ2v) is 6.16. The topological polar surface area (TPSA) is 38.2 Å². The van der Waals surface area contributed by atoms with E-state index in [1.54, 1.807) is 24.5 Å². The third-order valence-corrected chi connectivity index (χ3v) is 5.10. The molecular weight excluding hydrogens is 250 g/mol. The number of methoxy groups -OCH3 is 1. The Bertz CT molecular complexity index is 532. The van der Waals surface area contributed by atoms with Crippen LogP contribution in [0, 0.1) is 0 Å². The van der Waals surface area contributed by atoms with E-state index < -0.39 is 0 Å². The van der Waals surface area contributed by atoms with Crippen LogP contribution >= 0.6 is 0 Å². The number of aromatic nitrogens is 2. The first-order valence-electron chi connectivity index (χ1n) is 7.70. The minimum Gasteiger partial charge on any atom is -0.481 e. The third kappa shape index (κ3) is 1.89. The van der Waals surface area contributed by atoms with Crippen LogP contribution < -0.4 is 9.64 Å². The van der Waals surface area contributed by atoms with Crippen molar-refractivity contribution in [3.63, 3.8) is 0 Å². The summed E-state index contributed by atoms with van der Waals surface area (Å²) in [7, 11) is 1.66. The van der Waals surface area contributed by atoms with Crippen LogP contribution in [-0.4, -0.2) is 29.2 Å². The molecule has 3 aliphatic rings. The monoisotopic (exact) mass is 271 g/mol. The van der Waals surface area contributed by atoms with Gasteiger partial charge in [-0.2, -0.15) is 4.98 Å². The predicted molar refractivity (Wildman–Crippen MR) is 78.0 cm³/mol. The van der Waals surface area contributed by atoms with Crippen molar-refractivity contribution in [2.45, 2.75) is 57.0 Å². The van der Waals surface area contributed by atoms with Gasteiger partial charge in [0.1, 0.15) is 0 Å². The zero-order chi connectivity index (χ0) is 13.5. The molecule has 1 saturated carbocycles. The fourth-order valence-electron chi connectivity index (χ4n) is 3.91. The Morgan fingerprint density at radius 2 is 1.90 bits per heavy atom. The van der Waals surface area contributed by atoms with Gasteiger partial charge in [-0.3, -0.25) is 0 Å². The quantitative estimate of drug-likeness (QED) is 0.775. The highest BCUT2D eigenvalue weighted by Crippen LogP contribution is 2.44. The van der Waals surface area contributed by atoms with Crippen molar-refractivity contribution in [3.05, 3.63) is 23.4 Å². The lowest BCUT2D eigenvalue weighted by molar-refractivity contribution is 0.395. The Hall–Kier alpha value is -1.58. The number of piperidine rings is 1. The fraction of sp³-hybridized carbons (Fsp3) is 0.625. The van der Waals surface area contributed by atoms with Crippen molar-refractivity contribution >= 4 is 5.95 Å². The van der Waals surface area contributed by atoms with Crippen LogP contribution in [0.4, 0.5) is 5.95 Å². The van der Waals surface area contributed by atoms with Crippen LogP contribution in [-0.2, 0) is 0 Å². The van der Waals surface area contributed by atoms with E-state index in [9.17, 15) is 0 Å². The van der Waals surface area contributed by atoms with Crippen molar-refractivity contribution in [1.82, 2.24) is 9.97 Å². The minimum atomic E-state index is 0.601. The number of hydrogen-bond donors (Lipinski definition) is 0. The summed E-state index contributed by atoms with van der Waals surface area (Å²) in [6, 6.07) is 3.02. The molecule has 1 aromatic rings. The van der Waals surface area contributed by atoms with Gasteiger partial charge in [-0.25, -0.2) is 4.98 Å². The van der Waals surface area contributed by atoms with Crippen molar-refractivity contribution in [2.24, 2.45) is 0 Å². The standard InChI is InChI=1S/C16H21N3O/c1-20-15-7-8-17-16(18-15)19-13-5-6-14(19)10-12(9-13)11-3-2-4-11/h7-8,13-14H,2-6,9-10H2,1H3. The second kappa shape index (κ2) is 4.76. The molecule has 2 unspecified atom stereocenters. The molecule has 20 heavy (non-hydrogen) atoms. The van der Waals surface area contributed by atoms with Crippen LogP contribution in [0.25, 0.3) is 0 Å². The van der Waals surface area contributed by atoms with E-state index in [1.165, 1.54) is 44.9 Å². The molecular formula is C16H21N3O. The van der Waals surface area contributed by atoms with E-state index >= 15 is 0 Å². The SMILES string of the molecule is COc1ccnc(N2C3CCC2CC(=C2CCC2)C3)n1. The van der Waals surface area contributed by atoms with Crippen LogP contribution in [0.3, 0.4) is 0 Å². The van der Waals surface area contributed by atoms with Crippen LogP contribution in [0.5, 0.6) is 5.88 Å². The Morgan fingerprint density at radius 3 is 2.50 bits per heavy atom. The third-order valence-electron chi connectivity index (χ3n) is 5.10. The zero-order valence-corrected chi connectivity index (χ0v) is 12.0. The van der Waals surface area contributed by atoms with E-state index in [1.807, 2.05) is 6.07 Å². The molecule has 2 saturated heterocycles. The average molecular weight is 271 g/mol. The smallest absolute Gasteiger partial charge is 0.229 e. The molecule has 1 aromatic heterocycles. The summed E-state index contributed by atoms with van der Waals surface area (Å²) in [4.78, 5) is 11.5. The van der Waals surface area contributed by atoms with Gasteiger partial charge >= 0.3 is 0 Å². The molecule has 1 aliphatic carbocycles. The van der Waals surface area contributed by atoms with Gasteiger partial charge in [0, 0.05) is 24.3 Å². The van der Waals surface area contributed by atoms with Gasteiger partial charge in [-0.15, -0.1) is 0 Å². The van der Waals surface area contributed by atoms with Gasteiger partial charge < -0.3 is 9.64 Å². The second-order valence-electron chi connectivity index (χ2n) is 6.16. The maximum Gasteiger partial charge on any atom is 0.229 e. The summed E-state index contributed by atoms with van der Waals surface area (Å²) in [6.45, 7) is 0. The van der Waals surface area contributed by atoms with E-state index in [0.717, 1.165) is 5.95 Å². The first kappa shape index (κ1) is 12.2. The van der Waals surface area contributed by atoms with Crippen molar-refractivity contribution < 1.29 is 4.74 Å². The molecule has 0 radical (unpaired) electrons. The highest BCUT2D eigenvalue weighted by Gasteiger charge is 2.41. The molecule has 4 rings (SSSR count). The molecule has 4 nitrogen and oxygen atoms in total. The molecule has 3 heterocycles. The zero-order valence-electron chi connectivity index (χ0n) is 12.0. The summed E-state index contributed by atoms with van der Waals surface area (Å²) >= 11 is 0. The number of rotatable bonds is 2. The van der Waals surface area contributed by atoms with Crippen LogP contribution in [0.2, 0.25) is 0 Å². The highest BCUT2D eigenvalue weighted by molar-refractivity contribution is 5.42. The lowest BCUT2D eigenvalue weighted by Crippen LogP contribution is -2.42. The van der Waals surface area contributed by atoms with Gasteiger partial charge in [0.2, 0.25) is 11.8 Å². The first-order valence-corrected chi connectivity index (χ1v) is 7.70. The maximum atomic E-state index is 5.24. The van der Waals surface area contributed by atoms with E-state index in [2.05, 4.69) is 14.9 Å². The molecule has 0 N–H and O–H groups in total. The number of ether oxygens (including phenoxy) is 1. The number of allylic oxidation sites excluding steroid dienone is 1.